The van der Waals surface area contributed by atoms with E-state index in [1.165, 1.54) is 22.3 Å². The minimum Gasteiger partial charge on any atom is -0.402 e. The second-order valence-corrected chi connectivity index (χ2v) is 11.9. The Morgan fingerprint density at radius 3 is 2.79 bits per heavy atom. The molecule has 34 heavy (non-hydrogen) atoms. The largest absolute Gasteiger partial charge is 0.402 e. The minimum absolute atomic E-state index is 0.00640. The van der Waals surface area contributed by atoms with Crippen LogP contribution in [-0.4, -0.2) is 10.3 Å². The van der Waals surface area contributed by atoms with Gasteiger partial charge in [0.2, 0.25) is 0 Å². The van der Waals surface area contributed by atoms with Crippen molar-refractivity contribution in [2.75, 3.05) is 0 Å². The molecule has 1 heterocycles. The summed E-state index contributed by atoms with van der Waals surface area (Å²) in [6.07, 6.45) is 13.5. The highest BCUT2D eigenvalue weighted by molar-refractivity contribution is 8.01. The Hall–Kier alpha value is -1.96. The van der Waals surface area contributed by atoms with E-state index in [-0.39, 0.29) is 17.2 Å². The summed E-state index contributed by atoms with van der Waals surface area (Å²) in [7, 11) is 0. The first kappa shape index (κ1) is 26.6. The molecule has 0 fully saturated rings. The van der Waals surface area contributed by atoms with E-state index in [0.29, 0.717) is 18.4 Å². The van der Waals surface area contributed by atoms with Gasteiger partial charge in [0.1, 0.15) is 5.83 Å². The van der Waals surface area contributed by atoms with Crippen LogP contribution < -0.4 is 5.73 Å². The fourth-order valence-electron chi connectivity index (χ4n) is 5.62. The van der Waals surface area contributed by atoms with Crippen molar-refractivity contribution in [1.29, 1.82) is 0 Å². The van der Waals surface area contributed by atoms with Crippen molar-refractivity contribution >= 4 is 11.9 Å². The first-order valence-electron chi connectivity index (χ1n) is 12.5. The molecule has 1 aromatic carbocycles. The van der Waals surface area contributed by atoms with Crippen molar-refractivity contribution < 1.29 is 4.39 Å². The molecular weight excluding hydrogens is 439 g/mol. The number of nitrogens with two attached hydrogens (primary N) is 1. The van der Waals surface area contributed by atoms with E-state index in [2.05, 4.69) is 63.0 Å². The predicted octanol–water partition coefficient (Wildman–Crippen LogP) is 8.16. The van der Waals surface area contributed by atoms with Gasteiger partial charge in [-0.05, 0) is 92.0 Å². The van der Waals surface area contributed by atoms with Crippen molar-refractivity contribution in [2.45, 2.75) is 92.2 Å². The Morgan fingerprint density at radius 2 is 2.12 bits per heavy atom. The molecule has 1 aliphatic heterocycles. The highest BCUT2D eigenvalue weighted by Gasteiger charge is 2.35. The number of hydrogen-bond donors (Lipinski definition) is 1. The van der Waals surface area contributed by atoms with Crippen LogP contribution in [0.15, 0.2) is 52.4 Å². The van der Waals surface area contributed by atoms with Crippen molar-refractivity contribution in [3.8, 4) is 12.3 Å². The standard InChI is InChI=1S/C30H41FN2S/c1-8-14-30(6,7)29(21(4)15-27(32)9-2)24-11-10-20(3)25(17-24)19-33-22(5)16-23-12-13-26(31)18-28(23)34-33/h1,9-11,17-18,21-22,29H,12-16,19,32H2,2-7H3/b27-9-. The van der Waals surface area contributed by atoms with Crippen LogP contribution in [0.3, 0.4) is 0 Å². The highest BCUT2D eigenvalue weighted by Crippen LogP contribution is 2.46. The third kappa shape index (κ3) is 6.18. The van der Waals surface area contributed by atoms with Gasteiger partial charge in [0.05, 0.1) is 0 Å². The molecule has 184 valence electrons. The molecule has 0 aromatic heterocycles. The van der Waals surface area contributed by atoms with E-state index in [1.807, 2.05) is 13.0 Å². The number of allylic oxidation sites excluding steroid dienone is 4. The van der Waals surface area contributed by atoms with Gasteiger partial charge in [-0.15, -0.1) is 12.3 Å². The van der Waals surface area contributed by atoms with Gasteiger partial charge in [0.25, 0.3) is 0 Å². The fraction of sp³-hybridized carbons (Fsp3) is 0.533. The second-order valence-electron chi connectivity index (χ2n) is 10.9. The van der Waals surface area contributed by atoms with Gasteiger partial charge in [-0.3, -0.25) is 0 Å². The van der Waals surface area contributed by atoms with Crippen molar-refractivity contribution in [1.82, 2.24) is 4.31 Å². The molecule has 2 aliphatic rings. The molecule has 0 radical (unpaired) electrons. The summed E-state index contributed by atoms with van der Waals surface area (Å²) in [5.74, 6) is 3.57. The molecule has 3 rings (SSSR count). The second kappa shape index (κ2) is 11.2. The zero-order valence-corrected chi connectivity index (χ0v) is 22.6. The third-order valence-corrected chi connectivity index (χ3v) is 8.83. The molecule has 1 aliphatic carbocycles. The molecule has 0 saturated carbocycles. The van der Waals surface area contributed by atoms with Gasteiger partial charge in [-0.25, -0.2) is 8.70 Å². The lowest BCUT2D eigenvalue weighted by Crippen LogP contribution is -2.31. The summed E-state index contributed by atoms with van der Waals surface area (Å²) >= 11 is 1.72. The molecular formula is C30H41FN2S. The van der Waals surface area contributed by atoms with Gasteiger partial charge in [0, 0.05) is 36.0 Å². The zero-order chi connectivity index (χ0) is 25.0. The molecule has 0 spiro atoms. The van der Waals surface area contributed by atoms with Crippen LogP contribution in [0.4, 0.5) is 4.39 Å². The lowest BCUT2D eigenvalue weighted by molar-refractivity contribution is 0.224. The van der Waals surface area contributed by atoms with Crippen LogP contribution in [0.1, 0.15) is 89.3 Å². The van der Waals surface area contributed by atoms with Crippen molar-refractivity contribution in [3.63, 3.8) is 0 Å². The number of nitrogens with zero attached hydrogens (tertiary/aromatic N) is 1. The molecule has 1 aromatic rings. The number of terminal acetylenes is 1. The maximum Gasteiger partial charge on any atom is 0.101 e. The zero-order valence-electron chi connectivity index (χ0n) is 21.7. The average Bonchev–Trinajstić information content (AvgIpc) is 2.76. The monoisotopic (exact) mass is 480 g/mol. The van der Waals surface area contributed by atoms with Crippen molar-refractivity contribution in [2.24, 2.45) is 17.1 Å². The summed E-state index contributed by atoms with van der Waals surface area (Å²) < 4.78 is 16.4. The summed E-state index contributed by atoms with van der Waals surface area (Å²) in [6, 6.07) is 7.33. The van der Waals surface area contributed by atoms with E-state index < -0.39 is 0 Å². The molecule has 4 heteroatoms. The molecule has 0 saturated heterocycles. The number of hydrogen-bond acceptors (Lipinski definition) is 3. The van der Waals surface area contributed by atoms with Crippen LogP contribution in [0.25, 0.3) is 0 Å². The Bertz CT molecular complexity index is 1030. The molecule has 3 atom stereocenters. The Morgan fingerprint density at radius 1 is 1.38 bits per heavy atom. The highest BCUT2D eigenvalue weighted by atomic mass is 32.2. The van der Waals surface area contributed by atoms with E-state index in [1.54, 1.807) is 18.0 Å². The average molecular weight is 481 g/mol. The maximum atomic E-state index is 13.9. The summed E-state index contributed by atoms with van der Waals surface area (Å²) in [5, 5.41) is 0. The first-order valence-corrected chi connectivity index (χ1v) is 13.3. The smallest absolute Gasteiger partial charge is 0.101 e. The Labute approximate surface area is 211 Å². The van der Waals surface area contributed by atoms with Gasteiger partial charge >= 0.3 is 0 Å². The molecule has 2 nitrogen and oxygen atoms in total. The first-order chi connectivity index (χ1) is 16.1. The minimum atomic E-state index is -0.0496. The van der Waals surface area contributed by atoms with Gasteiger partial charge in [-0.2, -0.15) is 0 Å². The number of benzene rings is 1. The normalized spacial score (nSPS) is 21.5. The lowest BCUT2D eigenvalue weighted by atomic mass is 9.66. The van der Waals surface area contributed by atoms with E-state index >= 15 is 0 Å². The van der Waals surface area contributed by atoms with Gasteiger partial charge < -0.3 is 5.73 Å². The molecule has 2 N–H and O–H groups in total. The SMILES string of the molecule is C#CCC(C)(C)C(c1ccc(C)c(CN2SC3=C(CCC(F)=C3)CC2C)c1)C(C)C/C(N)=C/C. The van der Waals surface area contributed by atoms with Gasteiger partial charge in [0.15, 0.2) is 0 Å². The van der Waals surface area contributed by atoms with Crippen LogP contribution >= 0.6 is 11.9 Å². The Kier molecular flexibility index (Phi) is 8.77. The van der Waals surface area contributed by atoms with E-state index in [0.717, 1.165) is 42.8 Å². The summed E-state index contributed by atoms with van der Waals surface area (Å²) in [4.78, 5) is 1.11. The molecule has 0 bridgehead atoms. The number of rotatable bonds is 8. The van der Waals surface area contributed by atoms with Crippen LogP contribution in [-0.2, 0) is 6.54 Å². The van der Waals surface area contributed by atoms with Crippen molar-refractivity contribution in [3.05, 3.63) is 69.0 Å². The quantitative estimate of drug-likeness (QED) is 0.300. The van der Waals surface area contributed by atoms with Gasteiger partial charge in [-0.1, -0.05) is 50.6 Å². The van der Waals surface area contributed by atoms with Crippen LogP contribution in [0.5, 0.6) is 0 Å². The topological polar surface area (TPSA) is 29.3 Å². The molecule has 0 amide bonds. The van der Waals surface area contributed by atoms with E-state index in [4.69, 9.17) is 12.2 Å². The summed E-state index contributed by atoms with van der Waals surface area (Å²) in [6.45, 7) is 14.2. The van der Waals surface area contributed by atoms with Crippen LogP contribution in [0.2, 0.25) is 0 Å². The van der Waals surface area contributed by atoms with E-state index in [9.17, 15) is 4.39 Å². The maximum absolute atomic E-state index is 13.9. The predicted molar refractivity (Wildman–Crippen MR) is 146 cm³/mol. The summed E-state index contributed by atoms with van der Waals surface area (Å²) in [5.41, 5.74) is 12.5. The number of aryl methyl sites for hydroxylation is 1. The van der Waals surface area contributed by atoms with Crippen LogP contribution in [0, 0.1) is 30.6 Å². The third-order valence-electron chi connectivity index (χ3n) is 7.51. The number of halogens is 1. The molecule has 3 unspecified atom stereocenters. The fourth-order valence-corrected chi connectivity index (χ4v) is 6.83. The Balaban J connectivity index is 1.91. The lowest BCUT2D eigenvalue weighted by Gasteiger charge is -2.39.